The molecule has 7 nitrogen and oxygen atoms in total. The molecule has 1 amide bonds. The number of anilines is 1. The smallest absolute Gasteiger partial charge is 0.304 e. The summed E-state index contributed by atoms with van der Waals surface area (Å²) in [5.74, 6) is -1.06. The number of rotatable bonds is 5. The van der Waals surface area contributed by atoms with Crippen molar-refractivity contribution in [3.05, 3.63) is 23.3 Å². The molecule has 0 fully saturated rings. The maximum atomic E-state index is 12.3. The first kappa shape index (κ1) is 15.0. The molecule has 2 aliphatic heterocycles. The van der Waals surface area contributed by atoms with Gasteiger partial charge in [-0.1, -0.05) is 0 Å². The number of nitrogens with one attached hydrogen (secondary N) is 1. The molecule has 0 saturated heterocycles. The summed E-state index contributed by atoms with van der Waals surface area (Å²) in [6.07, 6.45) is 1.50. The van der Waals surface area contributed by atoms with Crippen molar-refractivity contribution >= 4 is 27.6 Å². The summed E-state index contributed by atoms with van der Waals surface area (Å²) in [5.41, 5.74) is 2.47. The molecule has 0 aromatic heterocycles. The molecule has 0 aliphatic carbocycles. The van der Waals surface area contributed by atoms with Gasteiger partial charge < -0.3 is 10.0 Å². The number of benzene rings is 1. The zero-order valence-corrected chi connectivity index (χ0v) is 12.6. The SMILES string of the molecule is O=C(O)CCNS(=O)(=O)c1cc2c3c(c1)CC(=O)N3CCC2. The second-order valence-electron chi connectivity index (χ2n) is 5.46. The third-order valence-electron chi connectivity index (χ3n) is 3.92. The van der Waals surface area contributed by atoms with Crippen molar-refractivity contribution in [1.29, 1.82) is 0 Å². The predicted molar refractivity (Wildman–Crippen MR) is 78.3 cm³/mol. The number of aryl methyl sites for hydroxylation is 1. The zero-order valence-electron chi connectivity index (χ0n) is 11.8. The van der Waals surface area contributed by atoms with Crippen molar-refractivity contribution in [2.24, 2.45) is 0 Å². The fourth-order valence-corrected chi connectivity index (χ4v) is 4.11. The number of nitrogens with zero attached hydrogens (tertiary/aromatic N) is 1. The minimum absolute atomic E-state index is 0.00401. The maximum absolute atomic E-state index is 12.3. The van der Waals surface area contributed by atoms with Crippen LogP contribution in [-0.2, 0) is 32.5 Å². The monoisotopic (exact) mass is 324 g/mol. The number of carbonyl (C=O) groups is 2. The van der Waals surface area contributed by atoms with Gasteiger partial charge in [0.25, 0.3) is 0 Å². The maximum Gasteiger partial charge on any atom is 0.304 e. The highest BCUT2D eigenvalue weighted by molar-refractivity contribution is 7.89. The number of carboxylic acid groups (broad SMARTS) is 1. The average molecular weight is 324 g/mol. The van der Waals surface area contributed by atoms with Gasteiger partial charge in [0.2, 0.25) is 15.9 Å². The Labute approximate surface area is 128 Å². The second-order valence-corrected chi connectivity index (χ2v) is 7.22. The summed E-state index contributed by atoms with van der Waals surface area (Å²) < 4.78 is 26.8. The standard InChI is InChI=1S/C14H16N2O5S/c17-12-8-10-7-11(22(20,21)15-4-3-13(18)19)6-9-2-1-5-16(12)14(9)10/h6-7,15H,1-5,8H2,(H,18,19). The van der Waals surface area contributed by atoms with Gasteiger partial charge >= 0.3 is 5.97 Å². The third kappa shape index (κ3) is 2.59. The molecule has 2 heterocycles. The highest BCUT2D eigenvalue weighted by atomic mass is 32.2. The number of hydrogen-bond donors (Lipinski definition) is 2. The fraction of sp³-hybridized carbons (Fsp3) is 0.429. The molecule has 8 heteroatoms. The number of carboxylic acids is 1. The number of carbonyl (C=O) groups excluding carboxylic acids is 1. The predicted octanol–water partition coefficient (Wildman–Crippen LogP) is 0.275. The molecule has 0 radical (unpaired) electrons. The van der Waals surface area contributed by atoms with Crippen molar-refractivity contribution < 1.29 is 23.1 Å². The Morgan fingerprint density at radius 3 is 2.77 bits per heavy atom. The molecule has 0 spiro atoms. The van der Waals surface area contributed by atoms with E-state index in [-0.39, 0.29) is 30.2 Å². The average Bonchev–Trinajstić information content (AvgIpc) is 2.76. The van der Waals surface area contributed by atoms with Crippen LogP contribution < -0.4 is 9.62 Å². The molecule has 1 aromatic rings. The van der Waals surface area contributed by atoms with Gasteiger partial charge in [-0.3, -0.25) is 9.59 Å². The van der Waals surface area contributed by atoms with E-state index >= 15 is 0 Å². The van der Waals surface area contributed by atoms with Gasteiger partial charge in [-0.25, -0.2) is 13.1 Å². The van der Waals surface area contributed by atoms with Crippen LogP contribution in [0.15, 0.2) is 17.0 Å². The first-order valence-electron chi connectivity index (χ1n) is 7.06. The Balaban J connectivity index is 1.92. The van der Waals surface area contributed by atoms with Crippen molar-refractivity contribution in [3.63, 3.8) is 0 Å². The van der Waals surface area contributed by atoms with Crippen molar-refractivity contribution in [3.8, 4) is 0 Å². The molecule has 0 unspecified atom stereocenters. The molecule has 0 atom stereocenters. The van der Waals surface area contributed by atoms with Crippen molar-refractivity contribution in [1.82, 2.24) is 4.72 Å². The molecule has 1 aromatic carbocycles. The molecule has 0 saturated carbocycles. The number of hydrogen-bond acceptors (Lipinski definition) is 4. The Kier molecular flexibility index (Phi) is 3.65. The lowest BCUT2D eigenvalue weighted by Crippen LogP contribution is -2.31. The van der Waals surface area contributed by atoms with E-state index in [1.807, 2.05) is 0 Å². The van der Waals surface area contributed by atoms with Gasteiger partial charge in [0.05, 0.1) is 23.4 Å². The topological polar surface area (TPSA) is 104 Å². The summed E-state index contributed by atoms with van der Waals surface area (Å²) in [6, 6.07) is 3.11. The first-order valence-corrected chi connectivity index (χ1v) is 8.54. The largest absolute Gasteiger partial charge is 0.481 e. The first-order chi connectivity index (χ1) is 10.4. The molecule has 2 aliphatic rings. The Morgan fingerprint density at radius 2 is 2.05 bits per heavy atom. The third-order valence-corrected chi connectivity index (χ3v) is 5.36. The highest BCUT2D eigenvalue weighted by Crippen LogP contribution is 2.38. The lowest BCUT2D eigenvalue weighted by atomic mass is 10.0. The molecular formula is C14H16N2O5S. The summed E-state index contributed by atoms with van der Waals surface area (Å²) >= 11 is 0. The van der Waals surface area contributed by atoms with Gasteiger partial charge in [-0.15, -0.1) is 0 Å². The van der Waals surface area contributed by atoms with E-state index in [1.54, 1.807) is 11.0 Å². The summed E-state index contributed by atoms with van der Waals surface area (Å²) in [5, 5.41) is 8.58. The molecule has 3 rings (SSSR count). The van der Waals surface area contributed by atoms with E-state index in [0.717, 1.165) is 29.7 Å². The molecule has 22 heavy (non-hydrogen) atoms. The van der Waals surface area contributed by atoms with E-state index in [4.69, 9.17) is 5.11 Å². The van der Waals surface area contributed by atoms with Crippen LogP contribution >= 0.6 is 0 Å². The van der Waals surface area contributed by atoms with Crippen LogP contribution in [0.25, 0.3) is 0 Å². The van der Waals surface area contributed by atoms with Crippen LogP contribution in [0, 0.1) is 0 Å². The van der Waals surface area contributed by atoms with Gasteiger partial charge in [0.1, 0.15) is 0 Å². The Morgan fingerprint density at radius 1 is 1.32 bits per heavy atom. The molecular weight excluding hydrogens is 308 g/mol. The quantitative estimate of drug-likeness (QED) is 0.809. The van der Waals surface area contributed by atoms with Gasteiger partial charge in [-0.05, 0) is 36.1 Å². The second kappa shape index (κ2) is 5.36. The normalized spacial score (nSPS) is 16.7. The molecule has 2 N–H and O–H groups in total. The summed E-state index contributed by atoms with van der Waals surface area (Å²) in [7, 11) is -3.76. The van der Waals surface area contributed by atoms with E-state index in [1.165, 1.54) is 6.07 Å². The van der Waals surface area contributed by atoms with Crippen LogP contribution in [0.1, 0.15) is 24.0 Å². The van der Waals surface area contributed by atoms with Crippen LogP contribution in [0.5, 0.6) is 0 Å². The number of sulfonamides is 1. The summed E-state index contributed by atoms with van der Waals surface area (Å²) in [4.78, 5) is 24.3. The Bertz CT molecular complexity index is 757. The minimum Gasteiger partial charge on any atom is -0.481 e. The highest BCUT2D eigenvalue weighted by Gasteiger charge is 2.33. The number of amides is 1. The zero-order chi connectivity index (χ0) is 15.9. The lowest BCUT2D eigenvalue weighted by molar-refractivity contribution is -0.136. The van der Waals surface area contributed by atoms with Crippen molar-refractivity contribution in [2.45, 2.75) is 30.6 Å². The van der Waals surface area contributed by atoms with Crippen LogP contribution in [0.2, 0.25) is 0 Å². The van der Waals surface area contributed by atoms with E-state index in [9.17, 15) is 18.0 Å². The van der Waals surface area contributed by atoms with E-state index < -0.39 is 16.0 Å². The summed E-state index contributed by atoms with van der Waals surface area (Å²) in [6.45, 7) is 0.525. The fourth-order valence-electron chi connectivity index (χ4n) is 2.98. The van der Waals surface area contributed by atoms with Gasteiger partial charge in [-0.2, -0.15) is 0 Å². The van der Waals surface area contributed by atoms with E-state index in [2.05, 4.69) is 4.72 Å². The molecule has 118 valence electrons. The van der Waals surface area contributed by atoms with Crippen LogP contribution in [0.4, 0.5) is 5.69 Å². The Hall–Kier alpha value is -1.93. The van der Waals surface area contributed by atoms with E-state index in [0.29, 0.717) is 6.54 Å². The minimum atomic E-state index is -3.76. The van der Waals surface area contributed by atoms with Crippen LogP contribution in [-0.4, -0.2) is 38.5 Å². The van der Waals surface area contributed by atoms with Crippen molar-refractivity contribution in [2.75, 3.05) is 18.0 Å². The van der Waals surface area contributed by atoms with Crippen LogP contribution in [0.3, 0.4) is 0 Å². The lowest BCUT2D eigenvalue weighted by Gasteiger charge is -2.25. The van der Waals surface area contributed by atoms with Gasteiger partial charge in [0.15, 0.2) is 0 Å². The number of aliphatic carboxylic acids is 1. The molecule has 0 bridgehead atoms. The van der Waals surface area contributed by atoms with Gasteiger partial charge in [0, 0.05) is 13.1 Å².